The van der Waals surface area contributed by atoms with Gasteiger partial charge in [0.05, 0.1) is 13.2 Å². The molecule has 3 aromatic rings. The quantitative estimate of drug-likeness (QED) is 0.440. The number of anilines is 1. The highest BCUT2D eigenvalue weighted by Crippen LogP contribution is 2.30. The summed E-state index contributed by atoms with van der Waals surface area (Å²) in [5, 5.41) is 0. The van der Waals surface area contributed by atoms with E-state index in [4.69, 9.17) is 9.47 Å². The fourth-order valence-electron chi connectivity index (χ4n) is 4.49. The van der Waals surface area contributed by atoms with Gasteiger partial charge >= 0.3 is 5.97 Å². The minimum Gasteiger partial charge on any atom is -0.496 e. The summed E-state index contributed by atoms with van der Waals surface area (Å²) < 4.78 is 10.9. The number of aromatic nitrogens is 1. The van der Waals surface area contributed by atoms with Crippen molar-refractivity contribution in [3.8, 4) is 16.9 Å². The van der Waals surface area contributed by atoms with E-state index in [1.54, 1.807) is 25.4 Å². The minimum absolute atomic E-state index is 0.165. The van der Waals surface area contributed by atoms with Crippen molar-refractivity contribution in [2.75, 3.05) is 32.1 Å². The van der Waals surface area contributed by atoms with E-state index >= 15 is 0 Å². The number of methoxy groups -OCH3 is 1. The third-order valence-electron chi connectivity index (χ3n) is 6.26. The second-order valence-corrected chi connectivity index (χ2v) is 9.01. The molecule has 0 radical (unpaired) electrons. The van der Waals surface area contributed by atoms with E-state index in [0.29, 0.717) is 11.4 Å². The number of rotatable bonds is 8. The van der Waals surface area contributed by atoms with E-state index in [0.717, 1.165) is 42.9 Å². The number of para-hydroxylation sites is 1. The largest absolute Gasteiger partial charge is 0.496 e. The Hall–Kier alpha value is -3.38. The number of benzene rings is 2. The van der Waals surface area contributed by atoms with E-state index in [1.807, 2.05) is 39.1 Å². The zero-order valence-corrected chi connectivity index (χ0v) is 20.4. The molecule has 0 aliphatic carbocycles. The molecule has 0 spiro atoms. The summed E-state index contributed by atoms with van der Waals surface area (Å²) >= 11 is 0. The first-order chi connectivity index (χ1) is 16.5. The van der Waals surface area contributed by atoms with E-state index in [-0.39, 0.29) is 18.1 Å². The van der Waals surface area contributed by atoms with Crippen molar-refractivity contribution in [2.24, 2.45) is 0 Å². The highest BCUT2D eigenvalue weighted by molar-refractivity contribution is 5.94. The summed E-state index contributed by atoms with van der Waals surface area (Å²) in [6, 6.07) is 20.6. The van der Waals surface area contributed by atoms with Gasteiger partial charge in [-0.25, -0.2) is 9.78 Å². The van der Waals surface area contributed by atoms with E-state index < -0.39 is 0 Å². The van der Waals surface area contributed by atoms with Gasteiger partial charge in [0.25, 0.3) is 0 Å². The molecular formula is C28H33N3O3. The minimum atomic E-state index is -0.324. The van der Waals surface area contributed by atoms with Gasteiger partial charge in [-0.2, -0.15) is 0 Å². The summed E-state index contributed by atoms with van der Waals surface area (Å²) in [5.41, 5.74) is 4.04. The number of likely N-dealkylation sites (tertiary alicyclic amines) is 1. The molecule has 0 amide bonds. The summed E-state index contributed by atoms with van der Waals surface area (Å²) in [7, 11) is 3.72. The molecule has 0 unspecified atom stereocenters. The fourth-order valence-corrected chi connectivity index (χ4v) is 4.49. The molecule has 2 aromatic carbocycles. The Morgan fingerprint density at radius 1 is 1.12 bits per heavy atom. The van der Waals surface area contributed by atoms with Crippen LogP contribution in [0.3, 0.4) is 0 Å². The fraction of sp³-hybridized carbons (Fsp3) is 0.357. The lowest BCUT2D eigenvalue weighted by atomic mass is 10.0. The van der Waals surface area contributed by atoms with Crippen LogP contribution in [0.25, 0.3) is 11.1 Å². The first-order valence-electron chi connectivity index (χ1n) is 11.8. The summed E-state index contributed by atoms with van der Waals surface area (Å²) in [6.45, 7) is 6.52. The van der Waals surface area contributed by atoms with Gasteiger partial charge in [-0.15, -0.1) is 0 Å². The van der Waals surface area contributed by atoms with Crippen LogP contribution in [-0.4, -0.2) is 55.2 Å². The molecule has 0 bridgehead atoms. The number of pyridine rings is 1. The van der Waals surface area contributed by atoms with Gasteiger partial charge in [0, 0.05) is 44.5 Å². The third kappa shape index (κ3) is 5.39. The molecule has 1 atom stereocenters. The first kappa shape index (κ1) is 23.8. The van der Waals surface area contributed by atoms with Gasteiger partial charge in [0.1, 0.15) is 17.1 Å². The average molecular weight is 460 g/mol. The molecule has 178 valence electrons. The van der Waals surface area contributed by atoms with Crippen molar-refractivity contribution >= 4 is 11.8 Å². The molecule has 1 aromatic heterocycles. The number of hydrogen-bond acceptors (Lipinski definition) is 6. The molecule has 0 saturated carbocycles. The predicted molar refractivity (Wildman–Crippen MR) is 135 cm³/mol. The van der Waals surface area contributed by atoms with Gasteiger partial charge in [-0.1, -0.05) is 42.5 Å². The van der Waals surface area contributed by atoms with Crippen LogP contribution in [0.1, 0.15) is 36.2 Å². The van der Waals surface area contributed by atoms with Gasteiger partial charge in [-0.3, -0.25) is 4.90 Å². The third-order valence-corrected chi connectivity index (χ3v) is 6.26. The van der Waals surface area contributed by atoms with Crippen molar-refractivity contribution in [3.63, 3.8) is 0 Å². The molecule has 6 heteroatoms. The van der Waals surface area contributed by atoms with Crippen molar-refractivity contribution in [1.29, 1.82) is 0 Å². The van der Waals surface area contributed by atoms with Crippen molar-refractivity contribution in [3.05, 3.63) is 78.0 Å². The molecule has 2 heterocycles. The molecule has 1 fully saturated rings. The Bertz CT molecular complexity index is 1110. The van der Waals surface area contributed by atoms with Crippen LogP contribution in [0.4, 0.5) is 5.82 Å². The topological polar surface area (TPSA) is 54.9 Å². The van der Waals surface area contributed by atoms with Gasteiger partial charge in [0.15, 0.2) is 0 Å². The lowest BCUT2D eigenvalue weighted by Gasteiger charge is -2.27. The lowest BCUT2D eigenvalue weighted by molar-refractivity contribution is 0.0378. The van der Waals surface area contributed by atoms with Crippen molar-refractivity contribution in [2.45, 2.75) is 39.0 Å². The monoisotopic (exact) mass is 459 g/mol. The van der Waals surface area contributed by atoms with E-state index in [9.17, 15) is 4.79 Å². The summed E-state index contributed by atoms with van der Waals surface area (Å²) in [6.07, 6.45) is 2.58. The molecule has 4 rings (SSSR count). The smallest absolute Gasteiger partial charge is 0.342 e. The summed E-state index contributed by atoms with van der Waals surface area (Å²) in [4.78, 5) is 21.7. The highest BCUT2D eigenvalue weighted by atomic mass is 16.5. The Kier molecular flexibility index (Phi) is 7.48. The summed E-state index contributed by atoms with van der Waals surface area (Å²) in [5.74, 6) is 1.24. The highest BCUT2D eigenvalue weighted by Gasteiger charge is 2.29. The normalized spacial score (nSPS) is 16.0. The van der Waals surface area contributed by atoms with Crippen LogP contribution < -0.4 is 9.64 Å². The lowest BCUT2D eigenvalue weighted by Crippen LogP contribution is -2.36. The number of ether oxygens (including phenoxy) is 2. The first-order valence-corrected chi connectivity index (χ1v) is 11.8. The number of esters is 1. The molecule has 6 nitrogen and oxygen atoms in total. The van der Waals surface area contributed by atoms with Gasteiger partial charge < -0.3 is 14.4 Å². The molecule has 1 aliphatic rings. The second kappa shape index (κ2) is 10.7. The zero-order valence-electron chi connectivity index (χ0n) is 20.4. The Labute approximate surface area is 202 Å². The molecule has 34 heavy (non-hydrogen) atoms. The Morgan fingerprint density at radius 2 is 1.88 bits per heavy atom. The number of hydrogen-bond donors (Lipinski definition) is 0. The van der Waals surface area contributed by atoms with Crippen LogP contribution in [-0.2, 0) is 11.3 Å². The molecule has 0 N–H and O–H groups in total. The van der Waals surface area contributed by atoms with Crippen LogP contribution >= 0.6 is 0 Å². The number of likely N-dealkylation sites (N-methyl/N-ethyl adjacent to an activating group) is 1. The maximum absolute atomic E-state index is 12.6. The van der Waals surface area contributed by atoms with Crippen molar-refractivity contribution < 1.29 is 14.3 Å². The number of carbonyl (C=O) groups is 1. The zero-order chi connectivity index (χ0) is 24.1. The van der Waals surface area contributed by atoms with Gasteiger partial charge in [0.2, 0.25) is 0 Å². The van der Waals surface area contributed by atoms with Crippen molar-refractivity contribution in [1.82, 2.24) is 9.88 Å². The van der Waals surface area contributed by atoms with Gasteiger partial charge in [-0.05, 0) is 49.6 Å². The van der Waals surface area contributed by atoms with E-state index in [2.05, 4.69) is 45.1 Å². The Morgan fingerprint density at radius 3 is 2.62 bits per heavy atom. The number of carbonyl (C=O) groups excluding carboxylic acids is 1. The Balaban J connectivity index is 1.40. The standard InChI is InChI=1S/C28H33N3O3/c1-20(2)34-28(32)25-9-7-16-29-27(25)30(3)23-15-17-31(19-23)18-21-11-13-22(14-12-21)24-8-5-6-10-26(24)33-4/h5-14,16,20,23H,15,17-19H2,1-4H3/t23-/m1/s1. The molecule has 1 aliphatic heterocycles. The average Bonchev–Trinajstić information content (AvgIpc) is 3.32. The molecular weight excluding hydrogens is 426 g/mol. The van der Waals surface area contributed by atoms with Crippen LogP contribution in [0, 0.1) is 0 Å². The maximum Gasteiger partial charge on any atom is 0.342 e. The maximum atomic E-state index is 12.6. The van der Waals surface area contributed by atoms with Crippen LogP contribution in [0.2, 0.25) is 0 Å². The number of nitrogens with zero attached hydrogens (tertiary/aromatic N) is 3. The SMILES string of the molecule is COc1ccccc1-c1ccc(CN2CC[C@@H](N(C)c3ncccc3C(=O)OC(C)C)C2)cc1. The predicted octanol–water partition coefficient (Wildman–Crippen LogP) is 5.03. The second-order valence-electron chi connectivity index (χ2n) is 9.01. The van der Waals surface area contributed by atoms with Crippen LogP contribution in [0.5, 0.6) is 5.75 Å². The van der Waals surface area contributed by atoms with E-state index in [1.165, 1.54) is 5.56 Å². The van der Waals surface area contributed by atoms with Crippen LogP contribution in [0.15, 0.2) is 66.9 Å². The molecule has 1 saturated heterocycles.